The second kappa shape index (κ2) is 5.46. The molecule has 94 valence electrons. The highest BCUT2D eigenvalue weighted by Gasteiger charge is 2.17. The lowest BCUT2D eigenvalue weighted by Crippen LogP contribution is -2.13. The quantitative estimate of drug-likeness (QED) is 0.811. The maximum absolute atomic E-state index is 12.0. The van der Waals surface area contributed by atoms with E-state index >= 15 is 0 Å². The van der Waals surface area contributed by atoms with Crippen LogP contribution < -0.4 is 5.73 Å². The summed E-state index contributed by atoms with van der Waals surface area (Å²) in [5.74, 6) is 0.207. The van der Waals surface area contributed by atoms with Gasteiger partial charge in [0, 0.05) is 12.0 Å². The van der Waals surface area contributed by atoms with E-state index in [1.807, 2.05) is 19.1 Å². The summed E-state index contributed by atoms with van der Waals surface area (Å²) >= 11 is 0. The van der Waals surface area contributed by atoms with Crippen LogP contribution in [0.5, 0.6) is 0 Å². The maximum atomic E-state index is 12.0. The first-order chi connectivity index (χ1) is 7.86. The van der Waals surface area contributed by atoms with Gasteiger partial charge in [-0.05, 0) is 42.5 Å². The number of aryl methyl sites for hydroxylation is 1. The Balaban J connectivity index is 3.02. The van der Waals surface area contributed by atoms with Crippen molar-refractivity contribution >= 4 is 5.78 Å². The van der Waals surface area contributed by atoms with E-state index in [2.05, 4.69) is 26.8 Å². The predicted molar refractivity (Wildman–Crippen MR) is 72.5 cm³/mol. The summed E-state index contributed by atoms with van der Waals surface area (Å²) in [4.78, 5) is 12.0. The summed E-state index contributed by atoms with van der Waals surface area (Å²) in [6.07, 6.45) is 1.31. The fraction of sp³-hybridized carbons (Fsp3) is 0.533. The van der Waals surface area contributed by atoms with Gasteiger partial charge < -0.3 is 5.73 Å². The third kappa shape index (κ3) is 3.67. The molecule has 17 heavy (non-hydrogen) atoms. The Morgan fingerprint density at radius 3 is 2.47 bits per heavy atom. The van der Waals surface area contributed by atoms with Gasteiger partial charge in [-0.25, -0.2) is 0 Å². The molecule has 0 atom stereocenters. The number of carbonyl (C=O) groups is 1. The van der Waals surface area contributed by atoms with Crippen LogP contribution >= 0.6 is 0 Å². The van der Waals surface area contributed by atoms with Gasteiger partial charge in [-0.2, -0.15) is 0 Å². The van der Waals surface area contributed by atoms with Crippen molar-refractivity contribution in [2.45, 2.75) is 46.0 Å². The van der Waals surface area contributed by atoms with Crippen molar-refractivity contribution in [2.75, 3.05) is 6.54 Å². The molecule has 0 fully saturated rings. The van der Waals surface area contributed by atoms with Crippen molar-refractivity contribution in [3.05, 3.63) is 34.9 Å². The summed E-state index contributed by atoms with van der Waals surface area (Å²) in [6.45, 7) is 9.04. The first-order valence-corrected chi connectivity index (χ1v) is 6.20. The second-order valence-electron chi connectivity index (χ2n) is 5.60. The molecule has 0 aliphatic carbocycles. The Bertz CT molecular complexity index is 402. The molecule has 2 heteroatoms. The fourth-order valence-electron chi connectivity index (χ4n) is 1.79. The lowest BCUT2D eigenvalue weighted by atomic mass is 9.84. The van der Waals surface area contributed by atoms with E-state index in [1.54, 1.807) is 0 Å². The van der Waals surface area contributed by atoms with Gasteiger partial charge in [0.2, 0.25) is 0 Å². The Hall–Kier alpha value is -1.15. The average Bonchev–Trinajstić information content (AvgIpc) is 2.24. The highest BCUT2D eigenvalue weighted by atomic mass is 16.1. The number of ketones is 1. The summed E-state index contributed by atoms with van der Waals surface area (Å²) in [7, 11) is 0. The smallest absolute Gasteiger partial charge is 0.163 e. The first kappa shape index (κ1) is 13.9. The second-order valence-corrected chi connectivity index (χ2v) is 5.60. The van der Waals surface area contributed by atoms with Gasteiger partial charge in [0.05, 0.1) is 0 Å². The van der Waals surface area contributed by atoms with Crippen LogP contribution in [0.4, 0.5) is 0 Å². The Morgan fingerprint density at radius 1 is 1.29 bits per heavy atom. The molecule has 0 aromatic heterocycles. The molecule has 0 saturated heterocycles. The number of benzene rings is 1. The minimum absolute atomic E-state index is 0.0800. The van der Waals surface area contributed by atoms with Crippen molar-refractivity contribution in [3.8, 4) is 0 Å². The van der Waals surface area contributed by atoms with Gasteiger partial charge in [-0.3, -0.25) is 4.79 Å². The Morgan fingerprint density at radius 2 is 1.94 bits per heavy atom. The molecular formula is C15H23NO. The lowest BCUT2D eigenvalue weighted by molar-refractivity contribution is 0.0980. The summed E-state index contributed by atoms with van der Waals surface area (Å²) in [5, 5.41) is 0. The Kier molecular flexibility index (Phi) is 4.47. The van der Waals surface area contributed by atoms with Crippen LogP contribution in [0.25, 0.3) is 0 Å². The molecule has 0 amide bonds. The number of Topliss-reactive ketones (excluding diaryl/α,β-unsaturated/α-hetero) is 1. The average molecular weight is 233 g/mol. The molecule has 0 aliphatic heterocycles. The molecule has 0 spiro atoms. The predicted octanol–water partition coefficient (Wildman–Crippen LogP) is 3.21. The third-order valence-electron chi connectivity index (χ3n) is 3.01. The zero-order valence-electron chi connectivity index (χ0n) is 11.3. The summed E-state index contributed by atoms with van der Waals surface area (Å²) in [5.41, 5.74) is 8.64. The molecule has 0 radical (unpaired) electrons. The van der Waals surface area contributed by atoms with Gasteiger partial charge in [-0.15, -0.1) is 0 Å². The largest absolute Gasteiger partial charge is 0.330 e. The number of hydrogen-bond donors (Lipinski definition) is 1. The van der Waals surface area contributed by atoms with Crippen LogP contribution in [0.15, 0.2) is 18.2 Å². The van der Waals surface area contributed by atoms with Crippen LogP contribution in [0.2, 0.25) is 0 Å². The molecular weight excluding hydrogens is 210 g/mol. The molecule has 0 heterocycles. The third-order valence-corrected chi connectivity index (χ3v) is 3.01. The lowest BCUT2D eigenvalue weighted by Gasteiger charge is -2.20. The minimum atomic E-state index is 0.0800. The van der Waals surface area contributed by atoms with Crippen LogP contribution in [0.1, 0.15) is 55.1 Å². The van der Waals surface area contributed by atoms with Crippen LogP contribution in [0, 0.1) is 6.92 Å². The van der Waals surface area contributed by atoms with Gasteiger partial charge >= 0.3 is 0 Å². The number of rotatable bonds is 4. The maximum Gasteiger partial charge on any atom is 0.163 e. The van der Waals surface area contributed by atoms with E-state index in [4.69, 9.17) is 5.73 Å². The summed E-state index contributed by atoms with van der Waals surface area (Å²) in [6, 6.07) is 6.18. The van der Waals surface area contributed by atoms with E-state index in [1.165, 1.54) is 5.56 Å². The van der Waals surface area contributed by atoms with E-state index in [-0.39, 0.29) is 11.2 Å². The standard InChI is InChI=1S/C15H23NO/c1-11-7-8-12(15(2,3)4)10-13(11)14(17)6-5-9-16/h7-8,10H,5-6,9,16H2,1-4H3. The zero-order valence-corrected chi connectivity index (χ0v) is 11.3. The molecule has 1 aromatic rings. The van der Waals surface area contributed by atoms with Gasteiger partial charge in [0.25, 0.3) is 0 Å². The SMILES string of the molecule is Cc1ccc(C(C)(C)C)cc1C(=O)CCCN. The number of nitrogens with two attached hydrogens (primary N) is 1. The van der Waals surface area contributed by atoms with E-state index in [0.717, 1.165) is 17.5 Å². The fourth-order valence-corrected chi connectivity index (χ4v) is 1.79. The van der Waals surface area contributed by atoms with Crippen molar-refractivity contribution in [2.24, 2.45) is 5.73 Å². The molecule has 1 rings (SSSR count). The Labute approximate surface area is 104 Å². The van der Waals surface area contributed by atoms with E-state index in [9.17, 15) is 4.79 Å². The van der Waals surface area contributed by atoms with E-state index < -0.39 is 0 Å². The van der Waals surface area contributed by atoms with Crippen LogP contribution in [-0.2, 0) is 5.41 Å². The van der Waals surface area contributed by atoms with Gasteiger partial charge in [0.15, 0.2) is 5.78 Å². The van der Waals surface area contributed by atoms with E-state index in [0.29, 0.717) is 13.0 Å². The molecule has 0 aliphatic rings. The number of carbonyl (C=O) groups excluding carboxylic acids is 1. The molecule has 2 nitrogen and oxygen atoms in total. The van der Waals surface area contributed by atoms with Crippen molar-refractivity contribution in [3.63, 3.8) is 0 Å². The zero-order chi connectivity index (χ0) is 13.1. The normalized spacial score (nSPS) is 11.6. The first-order valence-electron chi connectivity index (χ1n) is 6.20. The topological polar surface area (TPSA) is 43.1 Å². The van der Waals surface area contributed by atoms with Crippen LogP contribution in [0.3, 0.4) is 0 Å². The van der Waals surface area contributed by atoms with Crippen molar-refractivity contribution in [1.82, 2.24) is 0 Å². The van der Waals surface area contributed by atoms with Gasteiger partial charge in [0.1, 0.15) is 0 Å². The molecule has 1 aromatic carbocycles. The molecule has 0 saturated carbocycles. The molecule has 0 bridgehead atoms. The highest BCUT2D eigenvalue weighted by molar-refractivity contribution is 5.97. The monoisotopic (exact) mass is 233 g/mol. The van der Waals surface area contributed by atoms with Crippen LogP contribution in [-0.4, -0.2) is 12.3 Å². The molecule has 2 N–H and O–H groups in total. The van der Waals surface area contributed by atoms with Crippen molar-refractivity contribution in [1.29, 1.82) is 0 Å². The summed E-state index contributed by atoms with van der Waals surface area (Å²) < 4.78 is 0. The number of hydrogen-bond acceptors (Lipinski definition) is 2. The molecule has 0 unspecified atom stereocenters. The highest BCUT2D eigenvalue weighted by Crippen LogP contribution is 2.25. The minimum Gasteiger partial charge on any atom is -0.330 e. The van der Waals surface area contributed by atoms with Crippen molar-refractivity contribution < 1.29 is 4.79 Å². The van der Waals surface area contributed by atoms with Gasteiger partial charge in [-0.1, -0.05) is 32.9 Å².